The Morgan fingerprint density at radius 2 is 1.61 bits per heavy atom. The van der Waals surface area contributed by atoms with Gasteiger partial charge in [-0.1, -0.05) is 50.3 Å². The van der Waals surface area contributed by atoms with Crippen molar-refractivity contribution in [2.75, 3.05) is 49.0 Å². The van der Waals surface area contributed by atoms with Crippen molar-refractivity contribution in [3.8, 4) is 5.75 Å². The van der Waals surface area contributed by atoms with E-state index in [2.05, 4.69) is 10.6 Å². The van der Waals surface area contributed by atoms with Gasteiger partial charge >= 0.3 is 12.0 Å². The van der Waals surface area contributed by atoms with Crippen molar-refractivity contribution in [3.63, 3.8) is 0 Å². The van der Waals surface area contributed by atoms with Crippen LogP contribution >= 0.6 is 0 Å². The molecule has 2 N–H and O–H groups in total. The van der Waals surface area contributed by atoms with Crippen molar-refractivity contribution < 1.29 is 37.4 Å². The highest BCUT2D eigenvalue weighted by atomic mass is 19.1. The molecule has 0 spiro atoms. The smallest absolute Gasteiger partial charge is 0.337 e. The van der Waals surface area contributed by atoms with E-state index in [1.807, 2.05) is 0 Å². The summed E-state index contributed by atoms with van der Waals surface area (Å²) in [7, 11) is 2.64. The highest BCUT2D eigenvalue weighted by Gasteiger charge is 2.24. The minimum Gasteiger partial charge on any atom is -0.482 e. The average molecular weight is 637 g/mol. The first kappa shape index (κ1) is 33.9. The molecular weight excluding hydrogens is 598 g/mol. The Morgan fingerprint density at radius 1 is 0.891 bits per heavy atom. The summed E-state index contributed by atoms with van der Waals surface area (Å²) >= 11 is 0. The van der Waals surface area contributed by atoms with Crippen molar-refractivity contribution in [2.45, 2.75) is 38.5 Å². The zero-order valence-corrected chi connectivity index (χ0v) is 25.9. The number of amides is 4. The lowest BCUT2D eigenvalue weighted by Crippen LogP contribution is -2.42. The van der Waals surface area contributed by atoms with Crippen LogP contribution in [-0.4, -0.2) is 57.7 Å². The molecule has 0 unspecified atom stereocenters. The predicted molar refractivity (Wildman–Crippen MR) is 170 cm³/mol. The molecule has 0 radical (unpaired) electrons. The van der Waals surface area contributed by atoms with E-state index in [9.17, 15) is 28.0 Å². The summed E-state index contributed by atoms with van der Waals surface area (Å²) in [6.45, 7) is -0.430. The molecule has 244 valence electrons. The van der Waals surface area contributed by atoms with Crippen LogP contribution in [0.25, 0.3) is 0 Å². The number of nitrogens with one attached hydrogen (secondary N) is 2. The lowest BCUT2D eigenvalue weighted by Gasteiger charge is -2.29. The molecule has 3 aromatic carbocycles. The number of halogens is 2. The molecule has 0 heterocycles. The van der Waals surface area contributed by atoms with Crippen LogP contribution in [0.5, 0.6) is 5.75 Å². The third kappa shape index (κ3) is 9.50. The summed E-state index contributed by atoms with van der Waals surface area (Å²) in [5.41, 5.74) is 1.06. The van der Waals surface area contributed by atoms with E-state index in [4.69, 9.17) is 9.47 Å². The van der Waals surface area contributed by atoms with Gasteiger partial charge in [0, 0.05) is 31.0 Å². The number of hydrogen-bond acceptors (Lipinski definition) is 6. The molecule has 1 aliphatic carbocycles. The molecule has 4 rings (SSSR count). The van der Waals surface area contributed by atoms with Crippen LogP contribution in [-0.2, 0) is 14.3 Å². The maximum absolute atomic E-state index is 13.7. The van der Waals surface area contributed by atoms with Crippen LogP contribution in [0.15, 0.2) is 66.7 Å². The van der Waals surface area contributed by atoms with E-state index in [1.165, 1.54) is 31.5 Å². The summed E-state index contributed by atoms with van der Waals surface area (Å²) < 4.78 is 38.0. The molecule has 1 aliphatic rings. The molecule has 3 aromatic rings. The van der Waals surface area contributed by atoms with Gasteiger partial charge in [-0.25, -0.2) is 18.4 Å². The van der Waals surface area contributed by atoms with Gasteiger partial charge in [0.2, 0.25) is 5.91 Å². The second kappa shape index (κ2) is 16.4. The van der Waals surface area contributed by atoms with Crippen molar-refractivity contribution in [3.05, 3.63) is 83.9 Å². The molecule has 46 heavy (non-hydrogen) atoms. The third-order valence-electron chi connectivity index (χ3n) is 7.84. The number of likely N-dealkylation sites (N-methyl/N-ethyl adjacent to an activating group) is 1. The van der Waals surface area contributed by atoms with Crippen molar-refractivity contribution in [1.82, 2.24) is 5.32 Å². The molecule has 0 aromatic heterocycles. The number of urea groups is 1. The molecule has 0 saturated heterocycles. The van der Waals surface area contributed by atoms with Gasteiger partial charge in [0.15, 0.2) is 6.61 Å². The fourth-order valence-corrected chi connectivity index (χ4v) is 5.35. The lowest BCUT2D eigenvalue weighted by molar-refractivity contribution is -0.120. The van der Waals surface area contributed by atoms with Crippen LogP contribution in [0.4, 0.5) is 30.6 Å². The van der Waals surface area contributed by atoms with Crippen LogP contribution < -0.4 is 25.2 Å². The van der Waals surface area contributed by atoms with Crippen LogP contribution in [0.3, 0.4) is 0 Å². The molecule has 0 aliphatic heterocycles. The first-order valence-corrected chi connectivity index (χ1v) is 15.1. The van der Waals surface area contributed by atoms with Gasteiger partial charge in [0.05, 0.1) is 24.9 Å². The summed E-state index contributed by atoms with van der Waals surface area (Å²) in [5.74, 6) is -2.42. The molecule has 4 amide bonds. The minimum atomic E-state index is -0.815. The summed E-state index contributed by atoms with van der Waals surface area (Å²) in [6, 6.07) is 15.1. The highest BCUT2D eigenvalue weighted by Crippen LogP contribution is 2.31. The average Bonchev–Trinajstić information content (AvgIpc) is 3.06. The third-order valence-corrected chi connectivity index (χ3v) is 7.84. The highest BCUT2D eigenvalue weighted by molar-refractivity contribution is 6.00. The number of carbonyl (C=O) groups is 4. The van der Waals surface area contributed by atoms with E-state index in [0.29, 0.717) is 29.9 Å². The number of anilines is 3. The Labute approximate surface area is 266 Å². The number of ether oxygens (including phenoxy) is 2. The largest absolute Gasteiger partial charge is 0.482 e. The topological polar surface area (TPSA) is 117 Å². The number of benzene rings is 3. The molecule has 0 atom stereocenters. The summed E-state index contributed by atoms with van der Waals surface area (Å²) in [6.07, 6.45) is 6.38. The number of hydrogen-bond donors (Lipinski definition) is 2. The second-order valence-corrected chi connectivity index (χ2v) is 11.1. The fourth-order valence-electron chi connectivity index (χ4n) is 5.35. The summed E-state index contributed by atoms with van der Waals surface area (Å²) in [4.78, 5) is 53.6. The van der Waals surface area contributed by atoms with Gasteiger partial charge < -0.3 is 29.9 Å². The van der Waals surface area contributed by atoms with Gasteiger partial charge in [0.25, 0.3) is 5.91 Å². The predicted octanol–water partition coefficient (Wildman–Crippen LogP) is 5.92. The van der Waals surface area contributed by atoms with Gasteiger partial charge in [0.1, 0.15) is 17.4 Å². The number of nitrogens with zero attached hydrogens (tertiary/aromatic N) is 2. The van der Waals surface area contributed by atoms with Crippen LogP contribution in [0, 0.1) is 17.6 Å². The van der Waals surface area contributed by atoms with Gasteiger partial charge in [-0.05, 0) is 54.8 Å². The van der Waals surface area contributed by atoms with Crippen molar-refractivity contribution in [1.29, 1.82) is 0 Å². The minimum absolute atomic E-state index is 0.0324. The van der Waals surface area contributed by atoms with Crippen LogP contribution in [0.2, 0.25) is 0 Å². The molecule has 1 fully saturated rings. The Kier molecular flexibility index (Phi) is 12.0. The molecule has 12 heteroatoms. The molecule has 0 bridgehead atoms. The lowest BCUT2D eigenvalue weighted by atomic mass is 9.87. The van der Waals surface area contributed by atoms with E-state index < -0.39 is 42.1 Å². The quantitative estimate of drug-likeness (QED) is 0.239. The second-order valence-electron chi connectivity index (χ2n) is 11.1. The van der Waals surface area contributed by atoms with Crippen LogP contribution in [0.1, 0.15) is 48.9 Å². The first-order valence-electron chi connectivity index (χ1n) is 15.1. The SMILES string of the molecule is COC(=O)c1cccc(NC(=O)NCC(=O)N(CCC2CCCCC2)c2ccccc2OCC(=O)N(C)c2cc(F)cc(F)c2)c1. The van der Waals surface area contributed by atoms with E-state index in [-0.39, 0.29) is 23.5 Å². The zero-order valence-electron chi connectivity index (χ0n) is 25.9. The maximum Gasteiger partial charge on any atom is 0.337 e. The molecular formula is C34H38F2N4O6. The number of methoxy groups -OCH3 is 1. The van der Waals surface area contributed by atoms with E-state index in [0.717, 1.165) is 49.1 Å². The standard InChI is InChI=1S/C34H38F2N4O6/c1-39(28-19-25(35)18-26(36)20-28)32(42)22-46-30-14-7-6-13-29(30)40(16-15-23-9-4-3-5-10-23)31(41)21-37-34(44)38-27-12-8-11-24(17-27)33(43)45-2/h6-8,11-14,17-20,23H,3-5,9-10,15-16,21-22H2,1-2H3,(H2,37,38,44). The van der Waals surface area contributed by atoms with Crippen molar-refractivity contribution in [2.24, 2.45) is 5.92 Å². The maximum atomic E-state index is 13.7. The van der Waals surface area contributed by atoms with Gasteiger partial charge in [-0.3, -0.25) is 9.59 Å². The normalized spacial score (nSPS) is 13.0. The van der Waals surface area contributed by atoms with E-state index >= 15 is 0 Å². The monoisotopic (exact) mass is 636 g/mol. The molecule has 1 saturated carbocycles. The van der Waals surface area contributed by atoms with Gasteiger partial charge in [-0.2, -0.15) is 0 Å². The number of esters is 1. The van der Waals surface area contributed by atoms with Gasteiger partial charge in [-0.15, -0.1) is 0 Å². The zero-order chi connectivity index (χ0) is 33.1. The molecule has 10 nitrogen and oxygen atoms in total. The Morgan fingerprint density at radius 3 is 2.33 bits per heavy atom. The first-order chi connectivity index (χ1) is 22.1. The Balaban J connectivity index is 1.45. The van der Waals surface area contributed by atoms with Crippen molar-refractivity contribution >= 4 is 40.9 Å². The summed E-state index contributed by atoms with van der Waals surface area (Å²) in [5, 5.41) is 5.19. The number of para-hydroxylation sites is 2. The fraction of sp³-hybridized carbons (Fsp3) is 0.353. The van der Waals surface area contributed by atoms with E-state index in [1.54, 1.807) is 42.5 Å². The Hall–Kier alpha value is -5.00. The number of rotatable bonds is 12. The number of carbonyl (C=O) groups excluding carboxylic acids is 4. The Bertz CT molecular complexity index is 1530.